The molecule has 92 valence electrons. The number of carbonyl (C=O) groups is 1. The first-order valence-electron chi connectivity index (χ1n) is 5.89. The smallest absolute Gasteiger partial charge is 0.241 e. The number of halogens is 1. The molecule has 0 radical (unpaired) electrons. The number of rotatable bonds is 2. The molecule has 0 saturated carbocycles. The van der Waals surface area contributed by atoms with E-state index in [0.29, 0.717) is 5.92 Å². The van der Waals surface area contributed by atoms with E-state index in [-0.39, 0.29) is 11.9 Å². The highest BCUT2D eigenvalue weighted by Crippen LogP contribution is 2.26. The fourth-order valence-electron chi connectivity index (χ4n) is 2.14. The number of anilines is 1. The Labute approximate surface area is 110 Å². The van der Waals surface area contributed by atoms with E-state index in [0.717, 1.165) is 28.7 Å². The summed E-state index contributed by atoms with van der Waals surface area (Å²) in [4.78, 5) is 12.1. The van der Waals surface area contributed by atoms with Crippen LogP contribution < -0.4 is 10.6 Å². The number of nitrogens with one attached hydrogen (secondary N) is 2. The molecule has 17 heavy (non-hydrogen) atoms. The monoisotopic (exact) mass is 296 g/mol. The zero-order chi connectivity index (χ0) is 12.4. The quantitative estimate of drug-likeness (QED) is 0.881. The van der Waals surface area contributed by atoms with Crippen LogP contribution in [0.4, 0.5) is 5.69 Å². The molecular weight excluding hydrogens is 280 g/mol. The van der Waals surface area contributed by atoms with E-state index in [9.17, 15) is 4.79 Å². The van der Waals surface area contributed by atoms with Crippen LogP contribution in [-0.4, -0.2) is 18.5 Å². The van der Waals surface area contributed by atoms with E-state index < -0.39 is 0 Å². The molecule has 1 heterocycles. The standard InChI is InChI=1S/C13H17BrN2O/c1-8-4-3-5-10(11(8)14)16-13(17)12-9(2)6-7-15-12/h3-5,9,12,15H,6-7H2,1-2H3,(H,16,17). The molecule has 1 aromatic carbocycles. The maximum absolute atomic E-state index is 12.1. The number of benzene rings is 1. The maximum atomic E-state index is 12.1. The van der Waals surface area contributed by atoms with Gasteiger partial charge in [-0.3, -0.25) is 4.79 Å². The molecule has 1 aromatic rings. The van der Waals surface area contributed by atoms with Crippen molar-refractivity contribution in [3.63, 3.8) is 0 Å². The van der Waals surface area contributed by atoms with E-state index in [1.54, 1.807) is 0 Å². The average molecular weight is 297 g/mol. The Balaban J connectivity index is 2.10. The Morgan fingerprint density at radius 3 is 2.94 bits per heavy atom. The maximum Gasteiger partial charge on any atom is 0.241 e. The molecule has 2 atom stereocenters. The second-order valence-corrected chi connectivity index (χ2v) is 5.42. The van der Waals surface area contributed by atoms with Crippen LogP contribution in [0.1, 0.15) is 18.9 Å². The van der Waals surface area contributed by atoms with Gasteiger partial charge in [-0.25, -0.2) is 0 Å². The molecule has 0 spiro atoms. The largest absolute Gasteiger partial charge is 0.324 e. The number of carbonyl (C=O) groups excluding carboxylic acids is 1. The minimum Gasteiger partial charge on any atom is -0.324 e. The molecule has 1 fully saturated rings. The van der Waals surface area contributed by atoms with Crippen LogP contribution in [0.2, 0.25) is 0 Å². The van der Waals surface area contributed by atoms with Crippen molar-refractivity contribution < 1.29 is 4.79 Å². The Kier molecular flexibility index (Phi) is 3.84. The number of aryl methyl sites for hydroxylation is 1. The van der Waals surface area contributed by atoms with E-state index in [4.69, 9.17) is 0 Å². The van der Waals surface area contributed by atoms with E-state index >= 15 is 0 Å². The summed E-state index contributed by atoms with van der Waals surface area (Å²) in [5.74, 6) is 0.458. The molecule has 4 heteroatoms. The van der Waals surface area contributed by atoms with Gasteiger partial charge in [0.1, 0.15) is 0 Å². The lowest BCUT2D eigenvalue weighted by atomic mass is 10.0. The van der Waals surface area contributed by atoms with Crippen molar-refractivity contribution in [3.05, 3.63) is 28.2 Å². The highest BCUT2D eigenvalue weighted by atomic mass is 79.9. The summed E-state index contributed by atoms with van der Waals surface area (Å²) in [6.07, 6.45) is 1.06. The molecule has 1 aliphatic heterocycles. The first kappa shape index (κ1) is 12.6. The normalized spacial score (nSPS) is 23.7. The lowest BCUT2D eigenvalue weighted by Crippen LogP contribution is -2.39. The first-order chi connectivity index (χ1) is 8.09. The van der Waals surface area contributed by atoms with Gasteiger partial charge in [-0.15, -0.1) is 0 Å². The van der Waals surface area contributed by atoms with Gasteiger partial charge in [0.05, 0.1) is 11.7 Å². The zero-order valence-corrected chi connectivity index (χ0v) is 11.7. The average Bonchev–Trinajstić information content (AvgIpc) is 2.71. The third-order valence-electron chi connectivity index (χ3n) is 3.27. The summed E-state index contributed by atoms with van der Waals surface area (Å²) in [6, 6.07) is 5.80. The van der Waals surface area contributed by atoms with Crippen LogP contribution in [0.25, 0.3) is 0 Å². The molecule has 0 aliphatic carbocycles. The predicted octanol–water partition coefficient (Wildman–Crippen LogP) is 2.69. The molecule has 1 aliphatic rings. The molecule has 3 nitrogen and oxygen atoms in total. The predicted molar refractivity (Wildman–Crippen MR) is 73.1 cm³/mol. The molecule has 2 unspecified atom stereocenters. The van der Waals surface area contributed by atoms with Gasteiger partial charge in [-0.1, -0.05) is 19.1 Å². The van der Waals surface area contributed by atoms with Crippen molar-refractivity contribution in [1.29, 1.82) is 0 Å². The molecule has 0 aromatic heterocycles. The molecule has 0 bridgehead atoms. The summed E-state index contributed by atoms with van der Waals surface area (Å²) in [5.41, 5.74) is 1.96. The minimum atomic E-state index is -0.0672. The fourth-order valence-corrected chi connectivity index (χ4v) is 2.50. The highest BCUT2D eigenvalue weighted by molar-refractivity contribution is 9.10. The van der Waals surface area contributed by atoms with Gasteiger partial charge in [0.25, 0.3) is 0 Å². The van der Waals surface area contributed by atoms with Gasteiger partial charge in [-0.2, -0.15) is 0 Å². The van der Waals surface area contributed by atoms with Crippen LogP contribution in [0, 0.1) is 12.8 Å². The Hall–Kier alpha value is -0.870. The summed E-state index contributed by atoms with van der Waals surface area (Å²) in [5, 5.41) is 6.21. The summed E-state index contributed by atoms with van der Waals surface area (Å²) in [6.45, 7) is 5.04. The number of hydrogen-bond acceptors (Lipinski definition) is 2. The van der Waals surface area contributed by atoms with Crippen LogP contribution in [0.3, 0.4) is 0 Å². The first-order valence-corrected chi connectivity index (χ1v) is 6.68. The fraction of sp³-hybridized carbons (Fsp3) is 0.462. The minimum absolute atomic E-state index is 0.0568. The van der Waals surface area contributed by atoms with Crippen molar-refractivity contribution in [2.75, 3.05) is 11.9 Å². The van der Waals surface area contributed by atoms with Crippen molar-refractivity contribution in [3.8, 4) is 0 Å². The van der Waals surface area contributed by atoms with Gasteiger partial charge < -0.3 is 10.6 Å². The van der Waals surface area contributed by atoms with Gasteiger partial charge in [0, 0.05) is 4.47 Å². The molecule has 2 rings (SSSR count). The van der Waals surface area contributed by atoms with Crippen molar-refractivity contribution in [1.82, 2.24) is 5.32 Å². The highest BCUT2D eigenvalue weighted by Gasteiger charge is 2.29. The third kappa shape index (κ3) is 2.69. The Morgan fingerprint density at radius 2 is 2.29 bits per heavy atom. The van der Waals surface area contributed by atoms with Crippen molar-refractivity contribution in [2.45, 2.75) is 26.3 Å². The van der Waals surface area contributed by atoms with Gasteiger partial charge in [-0.05, 0) is 53.4 Å². The zero-order valence-electron chi connectivity index (χ0n) is 10.1. The van der Waals surface area contributed by atoms with Crippen LogP contribution in [-0.2, 0) is 4.79 Å². The summed E-state index contributed by atoms with van der Waals surface area (Å²) < 4.78 is 0.957. The number of amides is 1. The molecule has 2 N–H and O–H groups in total. The Morgan fingerprint density at radius 1 is 1.53 bits per heavy atom. The summed E-state index contributed by atoms with van der Waals surface area (Å²) >= 11 is 3.50. The van der Waals surface area contributed by atoms with E-state index in [2.05, 4.69) is 33.5 Å². The van der Waals surface area contributed by atoms with Crippen LogP contribution in [0.15, 0.2) is 22.7 Å². The molecular formula is C13H17BrN2O. The number of hydrogen-bond donors (Lipinski definition) is 2. The van der Waals surface area contributed by atoms with E-state index in [1.807, 2.05) is 25.1 Å². The molecule has 1 amide bonds. The lowest BCUT2D eigenvalue weighted by Gasteiger charge is -2.16. The summed E-state index contributed by atoms with van der Waals surface area (Å²) in [7, 11) is 0. The van der Waals surface area contributed by atoms with Gasteiger partial charge in [0.15, 0.2) is 0 Å². The van der Waals surface area contributed by atoms with Crippen molar-refractivity contribution >= 4 is 27.5 Å². The van der Waals surface area contributed by atoms with Crippen LogP contribution >= 0.6 is 15.9 Å². The van der Waals surface area contributed by atoms with Crippen LogP contribution in [0.5, 0.6) is 0 Å². The SMILES string of the molecule is Cc1cccc(NC(=O)C2NCCC2C)c1Br. The molecule has 1 saturated heterocycles. The Bertz CT molecular complexity index is 433. The van der Waals surface area contributed by atoms with Crippen molar-refractivity contribution in [2.24, 2.45) is 5.92 Å². The second kappa shape index (κ2) is 5.19. The second-order valence-electron chi connectivity index (χ2n) is 4.62. The van der Waals surface area contributed by atoms with Gasteiger partial charge >= 0.3 is 0 Å². The topological polar surface area (TPSA) is 41.1 Å². The van der Waals surface area contributed by atoms with Gasteiger partial charge in [0.2, 0.25) is 5.91 Å². The lowest BCUT2D eigenvalue weighted by molar-refractivity contribution is -0.118. The van der Waals surface area contributed by atoms with E-state index in [1.165, 1.54) is 0 Å². The third-order valence-corrected chi connectivity index (χ3v) is 4.32.